The van der Waals surface area contributed by atoms with Crippen molar-refractivity contribution in [2.45, 2.75) is 13.0 Å². The highest BCUT2D eigenvalue weighted by Crippen LogP contribution is 2.29. The van der Waals surface area contributed by atoms with Crippen LogP contribution in [0.1, 0.15) is 6.92 Å². The smallest absolute Gasteiger partial charge is 0.244 e. The van der Waals surface area contributed by atoms with Crippen LogP contribution in [0.3, 0.4) is 0 Å². The molecule has 0 spiro atoms. The molecule has 7 nitrogen and oxygen atoms in total. The average molecular weight is 384 g/mol. The highest BCUT2D eigenvalue weighted by atomic mass is 19.1. The Hall–Kier alpha value is -3.26. The maximum absolute atomic E-state index is 13.2. The highest BCUT2D eigenvalue weighted by molar-refractivity contribution is 6.11. The first-order chi connectivity index (χ1) is 13.3. The van der Waals surface area contributed by atoms with Crippen molar-refractivity contribution in [2.24, 2.45) is 0 Å². The lowest BCUT2D eigenvalue weighted by Gasteiger charge is -2.33. The van der Waals surface area contributed by atoms with Gasteiger partial charge in [-0.3, -0.25) is 24.2 Å². The van der Waals surface area contributed by atoms with E-state index in [1.165, 1.54) is 23.1 Å². The van der Waals surface area contributed by atoms with E-state index < -0.39 is 11.9 Å². The van der Waals surface area contributed by atoms with Crippen molar-refractivity contribution in [1.82, 2.24) is 4.90 Å². The SMILES string of the molecule is C[C@@H](C(=O)N1CC(=O)Nc2ccccc21)N(C)CC(=O)Nc1cccc(F)c1. The standard InChI is InChI=1S/C20H21FN4O3/c1-13(24(2)11-18(26)22-15-7-5-6-14(21)10-15)20(28)25-12-19(27)23-16-8-3-4-9-17(16)25/h3-10,13H,11-12H2,1-2H3,(H,22,26)(H,23,27)/t13-/m0/s1. The first-order valence-corrected chi connectivity index (χ1v) is 8.81. The normalized spacial score (nSPS) is 14.3. The van der Waals surface area contributed by atoms with Gasteiger partial charge in [-0.25, -0.2) is 4.39 Å². The first-order valence-electron chi connectivity index (χ1n) is 8.81. The third-order valence-corrected chi connectivity index (χ3v) is 4.56. The topological polar surface area (TPSA) is 81.8 Å². The van der Waals surface area contributed by atoms with Crippen molar-refractivity contribution >= 4 is 34.8 Å². The van der Waals surface area contributed by atoms with Gasteiger partial charge in [0.1, 0.15) is 12.4 Å². The van der Waals surface area contributed by atoms with Crippen molar-refractivity contribution in [2.75, 3.05) is 35.7 Å². The predicted molar refractivity (Wildman–Crippen MR) is 105 cm³/mol. The zero-order valence-corrected chi connectivity index (χ0v) is 15.6. The van der Waals surface area contributed by atoms with Crippen molar-refractivity contribution < 1.29 is 18.8 Å². The summed E-state index contributed by atoms with van der Waals surface area (Å²) >= 11 is 0. The predicted octanol–water partition coefficient (Wildman–Crippen LogP) is 2.07. The third-order valence-electron chi connectivity index (χ3n) is 4.56. The largest absolute Gasteiger partial charge is 0.325 e. The van der Waals surface area contributed by atoms with Gasteiger partial charge in [0.05, 0.1) is 24.0 Å². The minimum atomic E-state index is -0.641. The summed E-state index contributed by atoms with van der Waals surface area (Å²) in [6, 6.07) is 12.0. The van der Waals surface area contributed by atoms with Crippen LogP contribution in [0.5, 0.6) is 0 Å². The molecule has 0 unspecified atom stereocenters. The van der Waals surface area contributed by atoms with E-state index >= 15 is 0 Å². The quantitative estimate of drug-likeness (QED) is 0.827. The van der Waals surface area contributed by atoms with E-state index in [9.17, 15) is 18.8 Å². The van der Waals surface area contributed by atoms with E-state index in [0.29, 0.717) is 17.1 Å². The number of carbonyl (C=O) groups excluding carboxylic acids is 3. The molecule has 0 radical (unpaired) electrons. The molecule has 2 N–H and O–H groups in total. The molecule has 0 bridgehead atoms. The van der Waals surface area contributed by atoms with Crippen molar-refractivity contribution in [3.05, 3.63) is 54.3 Å². The number of fused-ring (bicyclic) bond motifs is 1. The van der Waals surface area contributed by atoms with Gasteiger partial charge in [0.25, 0.3) is 0 Å². The number of anilines is 3. The van der Waals surface area contributed by atoms with E-state index in [-0.39, 0.29) is 30.8 Å². The lowest BCUT2D eigenvalue weighted by atomic mass is 10.1. The Labute approximate surface area is 162 Å². The number of carbonyl (C=O) groups is 3. The number of benzene rings is 2. The van der Waals surface area contributed by atoms with Gasteiger partial charge in [-0.15, -0.1) is 0 Å². The Kier molecular flexibility index (Phi) is 5.70. The van der Waals surface area contributed by atoms with Crippen LogP contribution in [0, 0.1) is 5.82 Å². The molecule has 2 aromatic carbocycles. The van der Waals surface area contributed by atoms with E-state index in [1.807, 2.05) is 0 Å². The van der Waals surface area contributed by atoms with Crippen LogP contribution < -0.4 is 15.5 Å². The lowest BCUT2D eigenvalue weighted by molar-refractivity contribution is -0.126. The fourth-order valence-electron chi connectivity index (χ4n) is 2.97. The van der Waals surface area contributed by atoms with Gasteiger partial charge in [0.2, 0.25) is 17.7 Å². The minimum absolute atomic E-state index is 0.0644. The Bertz CT molecular complexity index is 918. The van der Waals surface area contributed by atoms with E-state index in [4.69, 9.17) is 0 Å². The summed E-state index contributed by atoms with van der Waals surface area (Å²) < 4.78 is 13.2. The fraction of sp³-hybridized carbons (Fsp3) is 0.250. The summed E-state index contributed by atoms with van der Waals surface area (Å²) in [4.78, 5) is 40.1. The molecule has 0 saturated carbocycles. The second-order valence-corrected chi connectivity index (χ2v) is 6.64. The summed E-state index contributed by atoms with van der Waals surface area (Å²) in [5, 5.41) is 5.34. The molecule has 1 heterocycles. The summed E-state index contributed by atoms with van der Waals surface area (Å²) in [6.07, 6.45) is 0. The maximum Gasteiger partial charge on any atom is 0.244 e. The van der Waals surface area contributed by atoms with Crippen molar-refractivity contribution in [1.29, 1.82) is 0 Å². The van der Waals surface area contributed by atoms with Gasteiger partial charge in [-0.1, -0.05) is 18.2 Å². The summed E-state index contributed by atoms with van der Waals surface area (Å²) in [6.45, 7) is 1.53. The molecule has 0 aliphatic carbocycles. The molecule has 0 aromatic heterocycles. The molecule has 146 valence electrons. The molecule has 1 aliphatic rings. The molecule has 1 aliphatic heterocycles. The number of halogens is 1. The van der Waals surface area contributed by atoms with Gasteiger partial charge >= 0.3 is 0 Å². The zero-order valence-electron chi connectivity index (χ0n) is 15.6. The van der Waals surface area contributed by atoms with Gasteiger partial charge in [-0.05, 0) is 44.3 Å². The van der Waals surface area contributed by atoms with Crippen LogP contribution in [0.2, 0.25) is 0 Å². The monoisotopic (exact) mass is 384 g/mol. The van der Waals surface area contributed by atoms with Crippen LogP contribution in [-0.4, -0.2) is 48.8 Å². The van der Waals surface area contributed by atoms with Crippen LogP contribution >= 0.6 is 0 Å². The second-order valence-electron chi connectivity index (χ2n) is 6.64. The van der Waals surface area contributed by atoms with E-state index in [1.54, 1.807) is 49.2 Å². The Morgan fingerprint density at radius 2 is 2.00 bits per heavy atom. The lowest BCUT2D eigenvalue weighted by Crippen LogP contribution is -2.51. The molecule has 0 saturated heterocycles. The third kappa shape index (κ3) is 4.34. The number of amides is 3. The maximum atomic E-state index is 13.2. The van der Waals surface area contributed by atoms with Crippen LogP contribution in [0.25, 0.3) is 0 Å². The average Bonchev–Trinajstić information content (AvgIpc) is 2.66. The zero-order chi connectivity index (χ0) is 20.3. The van der Waals surface area contributed by atoms with Crippen molar-refractivity contribution in [3.8, 4) is 0 Å². The number of para-hydroxylation sites is 2. The van der Waals surface area contributed by atoms with Crippen molar-refractivity contribution in [3.63, 3.8) is 0 Å². The highest BCUT2D eigenvalue weighted by Gasteiger charge is 2.31. The molecule has 28 heavy (non-hydrogen) atoms. The molecule has 2 aromatic rings. The number of rotatable bonds is 5. The molecule has 8 heteroatoms. The number of nitrogens with one attached hydrogen (secondary N) is 2. The molecule has 3 amide bonds. The fourth-order valence-corrected chi connectivity index (χ4v) is 2.97. The Balaban J connectivity index is 1.66. The number of hydrogen-bond acceptors (Lipinski definition) is 4. The van der Waals surface area contributed by atoms with Crippen LogP contribution in [0.15, 0.2) is 48.5 Å². The number of likely N-dealkylation sites (N-methyl/N-ethyl adjacent to an activating group) is 1. The molecular formula is C20H21FN4O3. The van der Waals surface area contributed by atoms with Gasteiger partial charge < -0.3 is 10.6 Å². The molecule has 0 fully saturated rings. The second kappa shape index (κ2) is 8.18. The molecular weight excluding hydrogens is 363 g/mol. The first kappa shape index (κ1) is 19.5. The summed E-state index contributed by atoms with van der Waals surface area (Å²) in [7, 11) is 1.64. The number of nitrogens with zero attached hydrogens (tertiary/aromatic N) is 2. The van der Waals surface area contributed by atoms with Gasteiger partial charge in [0.15, 0.2) is 0 Å². The van der Waals surface area contributed by atoms with Crippen LogP contribution in [0.4, 0.5) is 21.5 Å². The van der Waals surface area contributed by atoms with E-state index in [0.717, 1.165) is 0 Å². The van der Waals surface area contributed by atoms with Crippen LogP contribution in [-0.2, 0) is 14.4 Å². The number of hydrogen-bond donors (Lipinski definition) is 2. The Morgan fingerprint density at radius 1 is 1.25 bits per heavy atom. The van der Waals surface area contributed by atoms with Gasteiger partial charge in [-0.2, -0.15) is 0 Å². The van der Waals surface area contributed by atoms with E-state index in [2.05, 4.69) is 10.6 Å². The molecule has 1 atom stereocenters. The minimum Gasteiger partial charge on any atom is -0.325 e. The summed E-state index contributed by atoms with van der Waals surface area (Å²) in [5.41, 5.74) is 1.54. The molecule has 3 rings (SSSR count). The van der Waals surface area contributed by atoms with Gasteiger partial charge in [0, 0.05) is 5.69 Å². The Morgan fingerprint density at radius 3 is 2.75 bits per heavy atom. The summed E-state index contributed by atoms with van der Waals surface area (Å²) in [5.74, 6) is -1.38.